The van der Waals surface area contributed by atoms with Crippen molar-refractivity contribution in [1.82, 2.24) is 24.8 Å². The number of nitrogens with one attached hydrogen (secondary N) is 1. The van der Waals surface area contributed by atoms with Gasteiger partial charge in [0, 0.05) is 18.0 Å². The lowest BCUT2D eigenvalue weighted by molar-refractivity contribution is 0.0706. The molecule has 0 saturated heterocycles. The molecule has 3 heterocycles. The number of hydroxylamine groups is 1. The van der Waals surface area contributed by atoms with E-state index in [9.17, 15) is 4.79 Å². The van der Waals surface area contributed by atoms with Crippen LogP contribution in [0.3, 0.4) is 0 Å². The van der Waals surface area contributed by atoms with E-state index < -0.39 is 5.91 Å². The average Bonchev–Trinajstić information content (AvgIpc) is 3.50. The van der Waals surface area contributed by atoms with E-state index >= 15 is 0 Å². The Labute approximate surface area is 167 Å². The van der Waals surface area contributed by atoms with Gasteiger partial charge in [-0.2, -0.15) is 0 Å². The van der Waals surface area contributed by atoms with Gasteiger partial charge in [-0.05, 0) is 55.7 Å². The molecule has 1 aliphatic carbocycles. The lowest BCUT2D eigenvalue weighted by atomic mass is 9.93. The van der Waals surface area contributed by atoms with Crippen molar-refractivity contribution in [3.8, 4) is 11.4 Å². The lowest BCUT2D eigenvalue weighted by Gasteiger charge is -2.15. The maximum absolute atomic E-state index is 11.6. The zero-order valence-corrected chi connectivity index (χ0v) is 15.8. The number of carbonyl (C=O) groups excluding carboxylic acids is 1. The van der Waals surface area contributed by atoms with E-state index in [1.54, 1.807) is 23.8 Å². The lowest BCUT2D eigenvalue weighted by Crippen LogP contribution is -2.19. The summed E-state index contributed by atoms with van der Waals surface area (Å²) >= 11 is 0. The Morgan fingerprint density at radius 2 is 1.90 bits per heavy atom. The van der Waals surface area contributed by atoms with Gasteiger partial charge in [-0.1, -0.05) is 18.2 Å². The smallest absolute Gasteiger partial charge is 0.274 e. The number of fused-ring (bicyclic) bond motifs is 1. The molecular formula is C22H19N5O2. The van der Waals surface area contributed by atoms with Gasteiger partial charge in [-0.25, -0.2) is 20.4 Å². The highest BCUT2D eigenvalue weighted by atomic mass is 16.5. The molecule has 0 atom stereocenters. The van der Waals surface area contributed by atoms with E-state index in [1.165, 1.54) is 0 Å². The van der Waals surface area contributed by atoms with Crippen LogP contribution in [0.15, 0.2) is 60.9 Å². The molecule has 4 aromatic rings. The number of nitrogens with zero attached hydrogens (tertiary/aromatic N) is 4. The molecule has 0 aliphatic heterocycles. The van der Waals surface area contributed by atoms with E-state index in [0.29, 0.717) is 5.56 Å². The fourth-order valence-corrected chi connectivity index (χ4v) is 3.91. The topological polar surface area (TPSA) is 92.4 Å². The summed E-state index contributed by atoms with van der Waals surface area (Å²) in [5.74, 6) is 0.252. The van der Waals surface area contributed by atoms with Crippen LogP contribution < -0.4 is 5.48 Å². The molecule has 1 aromatic carbocycles. The van der Waals surface area contributed by atoms with Gasteiger partial charge in [0.05, 0.1) is 22.5 Å². The average molecular weight is 385 g/mol. The summed E-state index contributed by atoms with van der Waals surface area (Å²) in [7, 11) is 0. The molecule has 0 unspecified atom stereocenters. The van der Waals surface area contributed by atoms with Crippen LogP contribution in [0.5, 0.6) is 0 Å². The van der Waals surface area contributed by atoms with Crippen molar-refractivity contribution >= 4 is 11.6 Å². The zero-order chi connectivity index (χ0) is 20.0. The van der Waals surface area contributed by atoms with Crippen molar-refractivity contribution in [3.05, 3.63) is 83.6 Å². The molecule has 29 heavy (non-hydrogen) atoms. The normalized spacial score (nSPS) is 14.7. The molecule has 0 bridgehead atoms. The molecule has 1 amide bonds. The second-order valence-electron chi connectivity index (χ2n) is 7.34. The van der Waals surface area contributed by atoms with Gasteiger partial charge in [0.15, 0.2) is 0 Å². The summed E-state index contributed by atoms with van der Waals surface area (Å²) < 4.78 is 2.04. The number of benzene rings is 1. The standard InChI is InChI=1S/C22H19N5O2/c1-14-19(27-13-3-2-4-18(27)24-14)17-9-12-23-21(25-17)22(10-11-22)16-7-5-15(6-8-16)20(28)26-29/h2-9,12-13,29H,10-11H2,1H3,(H,26,28). The Balaban J connectivity index is 1.56. The minimum atomic E-state index is -0.525. The molecule has 144 valence electrons. The van der Waals surface area contributed by atoms with Crippen LogP contribution in [0, 0.1) is 6.92 Å². The maximum atomic E-state index is 11.6. The first-order valence-electron chi connectivity index (χ1n) is 9.45. The highest BCUT2D eigenvalue weighted by Crippen LogP contribution is 2.52. The van der Waals surface area contributed by atoms with E-state index in [2.05, 4.69) is 9.97 Å². The number of aryl methyl sites for hydroxylation is 1. The Bertz CT molecular complexity index is 1230. The van der Waals surface area contributed by atoms with Crippen LogP contribution >= 0.6 is 0 Å². The Kier molecular flexibility index (Phi) is 3.92. The van der Waals surface area contributed by atoms with Crippen LogP contribution in [-0.4, -0.2) is 30.5 Å². The highest BCUT2D eigenvalue weighted by molar-refractivity contribution is 5.93. The number of pyridine rings is 1. The van der Waals surface area contributed by atoms with Crippen LogP contribution in [0.1, 0.15) is 40.3 Å². The first-order valence-corrected chi connectivity index (χ1v) is 9.45. The van der Waals surface area contributed by atoms with Gasteiger partial charge in [0.2, 0.25) is 0 Å². The van der Waals surface area contributed by atoms with Crippen LogP contribution in [-0.2, 0) is 5.41 Å². The molecule has 2 N–H and O–H groups in total. The fourth-order valence-electron chi connectivity index (χ4n) is 3.91. The third-order valence-corrected chi connectivity index (χ3v) is 5.58. The van der Waals surface area contributed by atoms with Crippen LogP contribution in [0.2, 0.25) is 0 Å². The van der Waals surface area contributed by atoms with Crippen LogP contribution in [0.4, 0.5) is 0 Å². The van der Waals surface area contributed by atoms with Crippen molar-refractivity contribution < 1.29 is 10.0 Å². The predicted molar refractivity (Wildman–Crippen MR) is 107 cm³/mol. The second kappa shape index (κ2) is 6.49. The van der Waals surface area contributed by atoms with Gasteiger partial charge in [-0.15, -0.1) is 0 Å². The minimum absolute atomic E-state index is 0.237. The summed E-state index contributed by atoms with van der Waals surface area (Å²) in [6, 6.07) is 15.1. The predicted octanol–water partition coefficient (Wildman–Crippen LogP) is 3.30. The Hall–Kier alpha value is -3.58. The third kappa shape index (κ3) is 2.78. The largest absolute Gasteiger partial charge is 0.298 e. The van der Waals surface area contributed by atoms with Crippen LogP contribution in [0.25, 0.3) is 17.0 Å². The summed E-state index contributed by atoms with van der Waals surface area (Å²) in [5, 5.41) is 8.80. The molecule has 1 fully saturated rings. The second-order valence-corrected chi connectivity index (χ2v) is 7.34. The summed E-state index contributed by atoms with van der Waals surface area (Å²) in [6.07, 6.45) is 5.69. The number of carbonyl (C=O) groups is 1. The molecular weight excluding hydrogens is 366 g/mol. The van der Waals surface area contributed by atoms with Crippen molar-refractivity contribution in [3.63, 3.8) is 0 Å². The maximum Gasteiger partial charge on any atom is 0.274 e. The molecule has 3 aromatic heterocycles. The molecule has 1 saturated carbocycles. The number of hydrogen-bond acceptors (Lipinski definition) is 5. The number of amides is 1. The van der Waals surface area contributed by atoms with Gasteiger partial charge >= 0.3 is 0 Å². The molecule has 1 aliphatic rings. The third-order valence-electron chi connectivity index (χ3n) is 5.58. The zero-order valence-electron chi connectivity index (χ0n) is 15.8. The monoisotopic (exact) mass is 385 g/mol. The molecule has 7 heteroatoms. The number of imidazole rings is 1. The quantitative estimate of drug-likeness (QED) is 0.415. The molecule has 0 spiro atoms. The van der Waals surface area contributed by atoms with Gasteiger partial charge < -0.3 is 0 Å². The van der Waals surface area contributed by atoms with Gasteiger partial charge in [0.1, 0.15) is 11.5 Å². The summed E-state index contributed by atoms with van der Waals surface area (Å²) in [4.78, 5) is 25.7. The summed E-state index contributed by atoms with van der Waals surface area (Å²) in [5.41, 5.74) is 6.51. The first-order chi connectivity index (χ1) is 14.1. The van der Waals surface area contributed by atoms with E-state index in [0.717, 1.165) is 47.0 Å². The molecule has 7 nitrogen and oxygen atoms in total. The molecule has 5 rings (SSSR count). The van der Waals surface area contributed by atoms with E-state index in [1.807, 2.05) is 53.9 Å². The van der Waals surface area contributed by atoms with Crippen molar-refractivity contribution in [2.45, 2.75) is 25.2 Å². The summed E-state index contributed by atoms with van der Waals surface area (Å²) in [6.45, 7) is 1.99. The Morgan fingerprint density at radius 3 is 2.62 bits per heavy atom. The van der Waals surface area contributed by atoms with E-state index in [4.69, 9.17) is 10.2 Å². The van der Waals surface area contributed by atoms with Crippen molar-refractivity contribution in [2.24, 2.45) is 0 Å². The van der Waals surface area contributed by atoms with Gasteiger partial charge in [0.25, 0.3) is 5.91 Å². The first kappa shape index (κ1) is 17.5. The van der Waals surface area contributed by atoms with Crippen molar-refractivity contribution in [1.29, 1.82) is 0 Å². The van der Waals surface area contributed by atoms with Gasteiger partial charge in [-0.3, -0.25) is 14.4 Å². The minimum Gasteiger partial charge on any atom is -0.298 e. The Morgan fingerprint density at radius 1 is 1.10 bits per heavy atom. The van der Waals surface area contributed by atoms with E-state index in [-0.39, 0.29) is 5.41 Å². The number of hydrogen-bond donors (Lipinski definition) is 2. The highest BCUT2D eigenvalue weighted by Gasteiger charge is 2.48. The number of aromatic nitrogens is 4. The fraction of sp³-hybridized carbons (Fsp3) is 0.182. The molecule has 0 radical (unpaired) electrons. The van der Waals surface area contributed by atoms with Crippen molar-refractivity contribution in [2.75, 3.05) is 0 Å². The number of rotatable bonds is 4. The SMILES string of the molecule is Cc1nc2ccccn2c1-c1ccnc(C2(c3ccc(C(=O)NO)cc3)CC2)n1.